The van der Waals surface area contributed by atoms with Gasteiger partial charge in [0.25, 0.3) is 0 Å². The van der Waals surface area contributed by atoms with E-state index in [0.29, 0.717) is 18.2 Å². The number of unbranched alkanes of at least 4 members (excludes halogenated alkanes) is 1. The summed E-state index contributed by atoms with van der Waals surface area (Å²) in [5, 5.41) is 0.664. The molecule has 0 aromatic heterocycles. The highest BCUT2D eigenvalue weighted by molar-refractivity contribution is 6.31. The second kappa shape index (κ2) is 7.49. The lowest BCUT2D eigenvalue weighted by Gasteiger charge is -2.08. The predicted octanol–water partition coefficient (Wildman–Crippen LogP) is 2.60. The molecule has 1 rings (SSSR count). The van der Waals surface area contributed by atoms with E-state index in [1.54, 1.807) is 13.2 Å². The van der Waals surface area contributed by atoms with E-state index in [2.05, 4.69) is 0 Å². The second-order valence-electron chi connectivity index (χ2n) is 3.51. The number of ether oxygens (including phenoxy) is 2. The van der Waals surface area contributed by atoms with E-state index in [1.807, 2.05) is 12.1 Å². The minimum Gasteiger partial charge on any atom is -0.494 e. The molecule has 4 heteroatoms. The molecule has 0 aliphatic heterocycles. The van der Waals surface area contributed by atoms with Crippen LogP contribution in [0.3, 0.4) is 0 Å². The lowest BCUT2D eigenvalue weighted by Crippen LogP contribution is -2.01. The van der Waals surface area contributed by atoms with Crippen LogP contribution in [0.25, 0.3) is 0 Å². The van der Waals surface area contributed by atoms with Crippen LogP contribution < -0.4 is 10.5 Å². The third-order valence-electron chi connectivity index (χ3n) is 2.26. The minimum absolute atomic E-state index is 0.451. The van der Waals surface area contributed by atoms with Crippen LogP contribution in [0.5, 0.6) is 5.75 Å². The molecule has 0 fully saturated rings. The molecule has 0 atom stereocenters. The molecule has 0 saturated carbocycles. The largest absolute Gasteiger partial charge is 0.494 e. The van der Waals surface area contributed by atoms with Crippen LogP contribution >= 0.6 is 11.6 Å². The van der Waals surface area contributed by atoms with Gasteiger partial charge in [-0.15, -0.1) is 0 Å². The first-order chi connectivity index (χ1) is 7.77. The van der Waals surface area contributed by atoms with Gasteiger partial charge in [0.1, 0.15) is 5.75 Å². The molecular weight excluding hydrogens is 226 g/mol. The van der Waals surface area contributed by atoms with E-state index in [0.717, 1.165) is 30.8 Å². The topological polar surface area (TPSA) is 44.5 Å². The third-order valence-corrected chi connectivity index (χ3v) is 2.61. The summed E-state index contributed by atoms with van der Waals surface area (Å²) in [4.78, 5) is 0. The first-order valence-corrected chi connectivity index (χ1v) is 5.76. The maximum atomic E-state index is 6.01. The van der Waals surface area contributed by atoms with Gasteiger partial charge in [-0.1, -0.05) is 17.7 Å². The maximum absolute atomic E-state index is 6.01. The summed E-state index contributed by atoms with van der Waals surface area (Å²) >= 11 is 6.01. The average molecular weight is 244 g/mol. The Morgan fingerprint density at radius 1 is 1.25 bits per heavy atom. The Hall–Kier alpha value is -0.770. The smallest absolute Gasteiger partial charge is 0.120 e. The SMILES string of the molecule is COCCCCOc1ccc(CN)c(Cl)c1. The van der Waals surface area contributed by atoms with Crippen LogP contribution in [-0.2, 0) is 11.3 Å². The Bertz CT molecular complexity index is 318. The van der Waals surface area contributed by atoms with Crippen molar-refractivity contribution in [3.63, 3.8) is 0 Å². The van der Waals surface area contributed by atoms with Gasteiger partial charge in [-0.3, -0.25) is 0 Å². The molecule has 0 aliphatic carbocycles. The Balaban J connectivity index is 2.34. The van der Waals surface area contributed by atoms with Gasteiger partial charge in [0.05, 0.1) is 6.61 Å². The normalized spacial score (nSPS) is 10.4. The van der Waals surface area contributed by atoms with Gasteiger partial charge in [-0.05, 0) is 30.5 Å². The molecule has 0 saturated heterocycles. The van der Waals surface area contributed by atoms with Crippen molar-refractivity contribution in [3.05, 3.63) is 28.8 Å². The molecule has 0 spiro atoms. The summed E-state index contributed by atoms with van der Waals surface area (Å²) in [5.41, 5.74) is 6.45. The van der Waals surface area contributed by atoms with E-state index in [-0.39, 0.29) is 0 Å². The Morgan fingerprint density at radius 3 is 2.62 bits per heavy atom. The average Bonchev–Trinajstić information content (AvgIpc) is 2.29. The summed E-state index contributed by atoms with van der Waals surface area (Å²) in [7, 11) is 1.70. The Morgan fingerprint density at radius 2 is 2.00 bits per heavy atom. The quantitative estimate of drug-likeness (QED) is 0.749. The summed E-state index contributed by atoms with van der Waals surface area (Å²) in [5.74, 6) is 0.791. The number of hydrogen-bond acceptors (Lipinski definition) is 3. The van der Waals surface area contributed by atoms with Crippen molar-refractivity contribution >= 4 is 11.6 Å². The van der Waals surface area contributed by atoms with Crippen molar-refractivity contribution in [2.45, 2.75) is 19.4 Å². The number of hydrogen-bond donors (Lipinski definition) is 1. The van der Waals surface area contributed by atoms with E-state index >= 15 is 0 Å². The molecule has 90 valence electrons. The molecule has 0 bridgehead atoms. The van der Waals surface area contributed by atoms with Crippen molar-refractivity contribution in [2.24, 2.45) is 5.73 Å². The molecule has 0 unspecified atom stereocenters. The van der Waals surface area contributed by atoms with Crippen LogP contribution in [0.15, 0.2) is 18.2 Å². The maximum Gasteiger partial charge on any atom is 0.120 e. The fourth-order valence-electron chi connectivity index (χ4n) is 1.32. The van der Waals surface area contributed by atoms with Gasteiger partial charge in [0, 0.05) is 25.3 Å². The first-order valence-electron chi connectivity index (χ1n) is 5.38. The van der Waals surface area contributed by atoms with E-state index in [9.17, 15) is 0 Å². The van der Waals surface area contributed by atoms with Crippen molar-refractivity contribution in [1.29, 1.82) is 0 Å². The van der Waals surface area contributed by atoms with Crippen molar-refractivity contribution < 1.29 is 9.47 Å². The standard InChI is InChI=1S/C12H18ClNO2/c1-15-6-2-3-7-16-11-5-4-10(9-14)12(13)8-11/h4-5,8H,2-3,6-7,9,14H2,1H3. The monoisotopic (exact) mass is 243 g/mol. The summed E-state index contributed by atoms with van der Waals surface area (Å²) < 4.78 is 10.5. The second-order valence-corrected chi connectivity index (χ2v) is 3.91. The number of methoxy groups -OCH3 is 1. The molecule has 3 nitrogen and oxygen atoms in total. The number of halogens is 1. The molecule has 1 aromatic carbocycles. The van der Waals surface area contributed by atoms with Gasteiger partial charge in [0.15, 0.2) is 0 Å². The summed E-state index contributed by atoms with van der Waals surface area (Å²) in [6, 6.07) is 5.59. The van der Waals surface area contributed by atoms with Crippen LogP contribution in [-0.4, -0.2) is 20.3 Å². The number of benzene rings is 1. The van der Waals surface area contributed by atoms with Crippen molar-refractivity contribution in [1.82, 2.24) is 0 Å². The molecular formula is C12H18ClNO2. The van der Waals surface area contributed by atoms with Crippen molar-refractivity contribution in [2.75, 3.05) is 20.3 Å². The van der Waals surface area contributed by atoms with Crippen molar-refractivity contribution in [3.8, 4) is 5.75 Å². The number of rotatable bonds is 7. The molecule has 0 aliphatic rings. The zero-order chi connectivity index (χ0) is 11.8. The lowest BCUT2D eigenvalue weighted by atomic mass is 10.2. The van der Waals surface area contributed by atoms with Gasteiger partial charge in [0.2, 0.25) is 0 Å². The molecule has 2 N–H and O–H groups in total. The van der Waals surface area contributed by atoms with Gasteiger partial charge >= 0.3 is 0 Å². The Labute approximate surface area is 101 Å². The van der Waals surface area contributed by atoms with Crippen LogP contribution in [0.1, 0.15) is 18.4 Å². The fraction of sp³-hybridized carbons (Fsp3) is 0.500. The highest BCUT2D eigenvalue weighted by atomic mass is 35.5. The Kier molecular flexibility index (Phi) is 6.23. The van der Waals surface area contributed by atoms with Crippen LogP contribution in [0.2, 0.25) is 5.02 Å². The van der Waals surface area contributed by atoms with Crippen LogP contribution in [0, 0.1) is 0 Å². The van der Waals surface area contributed by atoms with Gasteiger partial charge in [-0.2, -0.15) is 0 Å². The summed E-state index contributed by atoms with van der Waals surface area (Å²) in [6.07, 6.45) is 1.98. The lowest BCUT2D eigenvalue weighted by molar-refractivity contribution is 0.184. The van der Waals surface area contributed by atoms with Crippen LogP contribution in [0.4, 0.5) is 0 Å². The third kappa shape index (κ3) is 4.39. The molecule has 1 aromatic rings. The molecule has 16 heavy (non-hydrogen) atoms. The summed E-state index contributed by atoms with van der Waals surface area (Å²) in [6.45, 7) is 1.91. The molecule has 0 heterocycles. The minimum atomic E-state index is 0.451. The van der Waals surface area contributed by atoms with Gasteiger partial charge < -0.3 is 15.2 Å². The van der Waals surface area contributed by atoms with E-state index in [4.69, 9.17) is 26.8 Å². The molecule has 0 amide bonds. The molecule has 0 radical (unpaired) electrons. The fourth-order valence-corrected chi connectivity index (χ4v) is 1.57. The highest BCUT2D eigenvalue weighted by Gasteiger charge is 2.00. The zero-order valence-electron chi connectivity index (χ0n) is 9.54. The van der Waals surface area contributed by atoms with Gasteiger partial charge in [-0.25, -0.2) is 0 Å². The van der Waals surface area contributed by atoms with E-state index in [1.165, 1.54) is 0 Å². The van der Waals surface area contributed by atoms with E-state index < -0.39 is 0 Å². The number of nitrogens with two attached hydrogens (primary N) is 1. The first kappa shape index (κ1) is 13.3. The zero-order valence-corrected chi connectivity index (χ0v) is 10.3. The highest BCUT2D eigenvalue weighted by Crippen LogP contribution is 2.22. The predicted molar refractivity (Wildman–Crippen MR) is 65.9 cm³/mol.